The van der Waals surface area contributed by atoms with E-state index in [1.165, 1.54) is 17.3 Å². The van der Waals surface area contributed by atoms with Crippen LogP contribution in [0.3, 0.4) is 0 Å². The van der Waals surface area contributed by atoms with Crippen LogP contribution in [0.4, 0.5) is 10.1 Å². The Hall–Kier alpha value is -5.25. The van der Waals surface area contributed by atoms with Gasteiger partial charge in [0.25, 0.3) is 17.4 Å². The number of amides is 3. The Morgan fingerprint density at radius 2 is 1.68 bits per heavy atom. The molecule has 8 rings (SSSR count). The quantitative estimate of drug-likeness (QED) is 0.224. The van der Waals surface area contributed by atoms with E-state index in [1.807, 2.05) is 17.9 Å². The summed E-state index contributed by atoms with van der Waals surface area (Å²) in [6.07, 6.45) is 2.15. The van der Waals surface area contributed by atoms with Crippen LogP contribution in [0.5, 0.6) is 5.75 Å². The van der Waals surface area contributed by atoms with Gasteiger partial charge in [-0.05, 0) is 93.7 Å². The molecule has 0 aliphatic carbocycles. The molecule has 59 heavy (non-hydrogen) atoms. The molecular formula is C44H54FN9O5. The number of aryl methyl sites for hydroxylation is 1. The van der Waals surface area contributed by atoms with Crippen molar-refractivity contribution in [1.82, 2.24) is 39.9 Å². The Morgan fingerprint density at radius 3 is 2.39 bits per heavy atom. The number of nitrogens with zero attached hydrogens (tertiary/aromatic N) is 8. The summed E-state index contributed by atoms with van der Waals surface area (Å²) in [5.74, 6) is 0.0437. The van der Waals surface area contributed by atoms with Crippen molar-refractivity contribution >= 4 is 34.3 Å². The van der Waals surface area contributed by atoms with Crippen LogP contribution in [0.2, 0.25) is 0 Å². The predicted octanol–water partition coefficient (Wildman–Crippen LogP) is 3.19. The molecule has 5 heterocycles. The van der Waals surface area contributed by atoms with Crippen molar-refractivity contribution in [3.05, 3.63) is 93.5 Å². The molecular weight excluding hydrogens is 754 g/mol. The van der Waals surface area contributed by atoms with Crippen LogP contribution in [-0.4, -0.2) is 138 Å². The molecule has 0 bridgehead atoms. The number of fused-ring (bicyclic) bond motifs is 1. The highest BCUT2D eigenvalue weighted by molar-refractivity contribution is 5.99. The number of piperidine rings is 2. The second kappa shape index (κ2) is 17.5. The number of hydrogen-bond acceptors (Lipinski definition) is 11. The summed E-state index contributed by atoms with van der Waals surface area (Å²) in [4.78, 5) is 61.9. The van der Waals surface area contributed by atoms with Crippen LogP contribution < -0.4 is 20.5 Å². The Labute approximate surface area is 343 Å². The van der Waals surface area contributed by atoms with Gasteiger partial charge in [-0.25, -0.2) is 4.39 Å². The number of likely N-dealkylation sites (tertiary alicyclic amines) is 2. The van der Waals surface area contributed by atoms with E-state index in [0.717, 1.165) is 74.5 Å². The number of likely N-dealkylation sites (N-methyl/N-ethyl adjacent to an activating group) is 1. The van der Waals surface area contributed by atoms with Crippen molar-refractivity contribution in [2.75, 3.05) is 84.5 Å². The molecule has 1 unspecified atom stereocenters. The maximum atomic E-state index is 14.7. The van der Waals surface area contributed by atoms with Crippen molar-refractivity contribution in [3.63, 3.8) is 0 Å². The van der Waals surface area contributed by atoms with Gasteiger partial charge < -0.3 is 19.4 Å². The zero-order valence-corrected chi connectivity index (χ0v) is 34.2. The van der Waals surface area contributed by atoms with Crippen LogP contribution in [0.1, 0.15) is 54.3 Å². The summed E-state index contributed by atoms with van der Waals surface area (Å²) in [7, 11) is 4.28. The Balaban J connectivity index is 0.778. The molecule has 0 spiro atoms. The maximum absolute atomic E-state index is 14.7. The van der Waals surface area contributed by atoms with Crippen LogP contribution in [0, 0.1) is 18.7 Å². The fraction of sp³-hybridized carbons (Fsp3) is 0.500. The second-order valence-corrected chi connectivity index (χ2v) is 16.8. The van der Waals surface area contributed by atoms with E-state index in [9.17, 15) is 23.6 Å². The van der Waals surface area contributed by atoms with E-state index in [-0.39, 0.29) is 42.5 Å². The third-order valence-corrected chi connectivity index (χ3v) is 12.8. The SMILES string of the molecule is Cc1cccc(F)c1CN1C[C@H](c2ccc(N3CCN(CC4CCN(C(=O)COc5ccc6nnn(C7CCC(=O)NC7=O)c(=O)c6c5)CC4)CC3)cc2)[C@@H](N(C)C)C1. The first-order valence-corrected chi connectivity index (χ1v) is 20.8. The van der Waals surface area contributed by atoms with E-state index >= 15 is 0 Å². The van der Waals surface area contributed by atoms with Gasteiger partial charge in [-0.1, -0.05) is 29.5 Å². The number of piperazine rings is 1. The highest BCUT2D eigenvalue weighted by Gasteiger charge is 2.36. The molecule has 4 saturated heterocycles. The van der Waals surface area contributed by atoms with Gasteiger partial charge in [0.15, 0.2) is 6.61 Å². The molecule has 3 aromatic carbocycles. The van der Waals surface area contributed by atoms with Crippen LogP contribution in [0.15, 0.2) is 65.5 Å². The Kier molecular flexibility index (Phi) is 12.0. The number of aromatic nitrogens is 3. The first kappa shape index (κ1) is 40.5. The largest absolute Gasteiger partial charge is 0.484 e. The fourth-order valence-electron chi connectivity index (χ4n) is 9.27. The molecule has 4 aromatic rings. The minimum Gasteiger partial charge on any atom is -0.484 e. The maximum Gasteiger partial charge on any atom is 0.278 e. The lowest BCUT2D eigenvalue weighted by Gasteiger charge is -2.39. The van der Waals surface area contributed by atoms with E-state index in [4.69, 9.17) is 4.74 Å². The second-order valence-electron chi connectivity index (χ2n) is 16.8. The van der Waals surface area contributed by atoms with Gasteiger partial charge in [-0.15, -0.1) is 5.10 Å². The minimum atomic E-state index is -0.919. The molecule has 14 nitrogen and oxygen atoms in total. The van der Waals surface area contributed by atoms with Crippen molar-refractivity contribution in [3.8, 4) is 5.75 Å². The highest BCUT2D eigenvalue weighted by Crippen LogP contribution is 2.33. The normalized spacial score (nSPS) is 22.4. The number of rotatable bonds is 11. The number of halogens is 1. The first-order valence-electron chi connectivity index (χ1n) is 20.8. The number of carbonyl (C=O) groups excluding carboxylic acids is 3. The number of ether oxygens (including phenoxy) is 1. The average molecular weight is 808 g/mol. The van der Waals surface area contributed by atoms with Crippen molar-refractivity contribution in [2.45, 2.75) is 57.2 Å². The van der Waals surface area contributed by atoms with Crippen molar-refractivity contribution in [2.24, 2.45) is 5.92 Å². The van der Waals surface area contributed by atoms with Gasteiger partial charge in [0, 0.05) is 95.1 Å². The first-order chi connectivity index (χ1) is 28.5. The lowest BCUT2D eigenvalue weighted by Crippen LogP contribution is -2.49. The standard InChI is InChI=1S/C44H54FN9O5/c1-29-5-4-6-37(45)35(29)25-51-26-36(40(27-51)49(2)3)31-7-9-32(10-8-31)52-21-19-50(20-22-52)24-30-15-17-53(18-16-30)42(56)28-59-33-11-12-38-34(23-33)44(58)54(48-47-38)39-13-14-41(55)46-43(39)57/h4-12,23,30,36,39-40H,13-22,24-28H2,1-3H3,(H,46,55,57)/t36-,39?,40+/m1/s1. The van der Waals surface area contributed by atoms with Gasteiger partial charge in [0.2, 0.25) is 5.91 Å². The summed E-state index contributed by atoms with van der Waals surface area (Å²) in [5.41, 5.74) is 4.21. The predicted molar refractivity (Wildman–Crippen MR) is 222 cm³/mol. The van der Waals surface area contributed by atoms with Gasteiger partial charge in [-0.3, -0.25) is 34.3 Å². The van der Waals surface area contributed by atoms with Gasteiger partial charge >= 0.3 is 0 Å². The smallest absolute Gasteiger partial charge is 0.278 e. The van der Waals surface area contributed by atoms with E-state index in [0.29, 0.717) is 48.8 Å². The van der Waals surface area contributed by atoms with E-state index in [1.54, 1.807) is 24.3 Å². The molecule has 0 saturated carbocycles. The third kappa shape index (κ3) is 9.02. The average Bonchev–Trinajstić information content (AvgIpc) is 3.67. The number of hydrogen-bond donors (Lipinski definition) is 1. The highest BCUT2D eigenvalue weighted by atomic mass is 19.1. The molecule has 1 N–H and O–H groups in total. The lowest BCUT2D eigenvalue weighted by atomic mass is 9.93. The van der Waals surface area contributed by atoms with Crippen LogP contribution >= 0.6 is 0 Å². The van der Waals surface area contributed by atoms with Gasteiger partial charge in [0.05, 0.1) is 5.39 Å². The van der Waals surface area contributed by atoms with Gasteiger partial charge in [0.1, 0.15) is 23.1 Å². The summed E-state index contributed by atoms with van der Waals surface area (Å²) in [6, 6.07) is 18.7. The molecule has 0 radical (unpaired) electrons. The molecule has 312 valence electrons. The van der Waals surface area contributed by atoms with Crippen molar-refractivity contribution < 1.29 is 23.5 Å². The zero-order chi connectivity index (χ0) is 41.2. The topological polar surface area (TPSA) is 136 Å². The van der Waals surface area contributed by atoms with Crippen LogP contribution in [-0.2, 0) is 20.9 Å². The lowest BCUT2D eigenvalue weighted by molar-refractivity contribution is -0.136. The van der Waals surface area contributed by atoms with Crippen molar-refractivity contribution in [1.29, 1.82) is 0 Å². The third-order valence-electron chi connectivity index (χ3n) is 12.8. The number of anilines is 1. The number of carbonyl (C=O) groups is 3. The molecule has 4 fully saturated rings. The zero-order valence-electron chi connectivity index (χ0n) is 34.2. The summed E-state index contributed by atoms with van der Waals surface area (Å²) < 4.78 is 21.5. The Bertz CT molecular complexity index is 2210. The molecule has 4 aliphatic rings. The Morgan fingerprint density at radius 1 is 0.915 bits per heavy atom. The van der Waals surface area contributed by atoms with E-state index < -0.39 is 17.5 Å². The fourth-order valence-corrected chi connectivity index (χ4v) is 9.27. The molecule has 1 aromatic heterocycles. The molecule has 3 amide bonds. The minimum absolute atomic E-state index is 0.0999. The van der Waals surface area contributed by atoms with E-state index in [2.05, 4.69) is 73.6 Å². The number of nitrogens with one attached hydrogen (secondary N) is 1. The molecule has 15 heteroatoms. The summed E-state index contributed by atoms with van der Waals surface area (Å²) in [5, 5.41) is 10.5. The number of benzene rings is 3. The van der Waals surface area contributed by atoms with Crippen LogP contribution in [0.25, 0.3) is 10.9 Å². The monoisotopic (exact) mass is 807 g/mol. The van der Waals surface area contributed by atoms with Gasteiger partial charge in [-0.2, -0.15) is 4.68 Å². The molecule has 3 atom stereocenters. The number of imide groups is 1. The summed E-state index contributed by atoms with van der Waals surface area (Å²) >= 11 is 0. The summed E-state index contributed by atoms with van der Waals surface area (Å²) in [6.45, 7) is 10.6. The molecule has 4 aliphatic heterocycles.